The van der Waals surface area contributed by atoms with Crippen molar-refractivity contribution in [2.45, 2.75) is 13.8 Å². The minimum Gasteiger partial charge on any atom is -0.218 e. The number of hydrogen-bond donors (Lipinski definition) is 0. The molecule has 2 nitrogen and oxygen atoms in total. The second-order valence-electron chi connectivity index (χ2n) is 6.43. The normalized spacial score (nSPS) is 10.6. The number of rotatable bonds is 2. The van der Waals surface area contributed by atoms with Crippen LogP contribution in [0.4, 0.5) is 0 Å². The summed E-state index contributed by atoms with van der Waals surface area (Å²) in [6, 6.07) is 31.2. The molecule has 0 amide bonds. The van der Waals surface area contributed by atoms with Crippen molar-refractivity contribution < 1.29 is 0 Å². The van der Waals surface area contributed by atoms with Crippen LogP contribution in [-0.4, -0.2) is 9.97 Å². The van der Waals surface area contributed by atoms with Crippen LogP contribution in [0.3, 0.4) is 0 Å². The Bertz CT molecular complexity index is 1280. The summed E-state index contributed by atoms with van der Waals surface area (Å²) in [5, 5.41) is 3.61. The van der Waals surface area contributed by atoms with Gasteiger partial charge < -0.3 is 0 Å². The third-order valence-electron chi connectivity index (χ3n) is 4.84. The van der Waals surface area contributed by atoms with Gasteiger partial charge in [-0.25, -0.2) is 9.97 Å². The second kappa shape index (κ2) is 8.42. The van der Waals surface area contributed by atoms with Gasteiger partial charge in [-0.15, -0.1) is 0 Å². The zero-order chi connectivity index (χ0) is 20.2. The highest BCUT2D eigenvalue weighted by molar-refractivity contribution is 6.29. The Kier molecular flexibility index (Phi) is 5.55. The Balaban J connectivity index is 0.000000994. The van der Waals surface area contributed by atoms with Crippen LogP contribution in [-0.2, 0) is 0 Å². The van der Waals surface area contributed by atoms with Crippen LogP contribution in [0, 0.1) is 0 Å². The van der Waals surface area contributed by atoms with E-state index in [9.17, 15) is 0 Å². The van der Waals surface area contributed by atoms with Gasteiger partial charge in [0.05, 0.1) is 11.2 Å². The van der Waals surface area contributed by atoms with E-state index in [-0.39, 0.29) is 5.28 Å². The van der Waals surface area contributed by atoms with Gasteiger partial charge in [0, 0.05) is 10.9 Å². The molecule has 1 aromatic heterocycles. The van der Waals surface area contributed by atoms with Crippen LogP contribution in [0.5, 0.6) is 0 Å². The van der Waals surface area contributed by atoms with E-state index in [1.165, 1.54) is 16.5 Å². The summed E-state index contributed by atoms with van der Waals surface area (Å²) in [6.07, 6.45) is 0. The minimum absolute atomic E-state index is 0.264. The van der Waals surface area contributed by atoms with Gasteiger partial charge in [-0.3, -0.25) is 0 Å². The van der Waals surface area contributed by atoms with Gasteiger partial charge in [-0.2, -0.15) is 0 Å². The first-order valence-corrected chi connectivity index (χ1v) is 10.2. The lowest BCUT2D eigenvalue weighted by atomic mass is 9.93. The Hall–Kier alpha value is -3.23. The van der Waals surface area contributed by atoms with E-state index in [1.807, 2.05) is 44.2 Å². The van der Waals surface area contributed by atoms with Gasteiger partial charge in [0.25, 0.3) is 0 Å². The highest BCUT2D eigenvalue weighted by atomic mass is 35.5. The molecule has 0 atom stereocenters. The van der Waals surface area contributed by atoms with Gasteiger partial charge in [-0.1, -0.05) is 98.8 Å². The second-order valence-corrected chi connectivity index (χ2v) is 6.77. The number of benzene rings is 4. The average molecular weight is 397 g/mol. The fourth-order valence-corrected chi connectivity index (χ4v) is 3.80. The fraction of sp³-hybridized carbons (Fsp3) is 0.0769. The molecular weight excluding hydrogens is 376 g/mol. The maximum atomic E-state index is 6.23. The zero-order valence-corrected chi connectivity index (χ0v) is 17.2. The summed E-state index contributed by atoms with van der Waals surface area (Å²) in [5.74, 6) is 0. The van der Waals surface area contributed by atoms with Crippen molar-refractivity contribution >= 4 is 33.3 Å². The van der Waals surface area contributed by atoms with Crippen LogP contribution >= 0.6 is 11.6 Å². The molecule has 0 bridgehead atoms. The maximum Gasteiger partial charge on any atom is 0.223 e. The molecule has 142 valence electrons. The van der Waals surface area contributed by atoms with Crippen molar-refractivity contribution in [1.29, 1.82) is 0 Å². The van der Waals surface area contributed by atoms with Crippen molar-refractivity contribution in [3.63, 3.8) is 0 Å². The lowest BCUT2D eigenvalue weighted by molar-refractivity contribution is 1.23. The smallest absolute Gasteiger partial charge is 0.218 e. The molecule has 5 rings (SSSR count). The minimum atomic E-state index is 0.264. The largest absolute Gasteiger partial charge is 0.223 e. The Labute approximate surface area is 175 Å². The summed E-state index contributed by atoms with van der Waals surface area (Å²) in [5.41, 5.74) is 5.18. The van der Waals surface area contributed by atoms with Crippen LogP contribution < -0.4 is 0 Å². The molecule has 1 heterocycles. The summed E-state index contributed by atoms with van der Waals surface area (Å²) >= 11 is 6.23. The standard InChI is InChI=1S/C24H15ClN2.C2H6/c25-24-26-22-13-7-6-12-21(22)23(27-24)20-15-14-17(16-8-2-1-3-9-16)18-10-4-5-11-19(18)20;1-2/h1-15H;1-2H3. The van der Waals surface area contributed by atoms with Crippen molar-refractivity contribution in [1.82, 2.24) is 9.97 Å². The quantitative estimate of drug-likeness (QED) is 0.284. The predicted molar refractivity (Wildman–Crippen MR) is 124 cm³/mol. The van der Waals surface area contributed by atoms with Crippen LogP contribution in [0.15, 0.2) is 91.0 Å². The number of nitrogens with zero attached hydrogens (tertiary/aromatic N) is 2. The third-order valence-corrected chi connectivity index (χ3v) is 5.01. The third kappa shape index (κ3) is 3.59. The Morgan fingerprint density at radius 1 is 0.552 bits per heavy atom. The van der Waals surface area contributed by atoms with Crippen LogP contribution in [0.2, 0.25) is 5.28 Å². The molecule has 0 spiro atoms. The molecule has 29 heavy (non-hydrogen) atoms. The molecule has 0 saturated carbocycles. The fourth-order valence-electron chi connectivity index (χ4n) is 3.63. The summed E-state index contributed by atoms with van der Waals surface area (Å²) < 4.78 is 0. The van der Waals surface area contributed by atoms with E-state index in [0.717, 1.165) is 27.5 Å². The van der Waals surface area contributed by atoms with E-state index in [2.05, 4.69) is 70.6 Å². The van der Waals surface area contributed by atoms with Crippen LogP contribution in [0.1, 0.15) is 13.8 Å². The van der Waals surface area contributed by atoms with E-state index < -0.39 is 0 Å². The highest BCUT2D eigenvalue weighted by Gasteiger charge is 2.14. The molecule has 0 aliphatic carbocycles. The lowest BCUT2D eigenvalue weighted by Gasteiger charge is -2.13. The predicted octanol–water partition coefficient (Wildman–Crippen LogP) is 7.80. The van der Waals surface area contributed by atoms with E-state index in [0.29, 0.717) is 0 Å². The number of halogens is 1. The molecule has 0 fully saturated rings. The molecular formula is C26H21ClN2. The molecule has 3 heteroatoms. The molecule has 4 aromatic carbocycles. The first kappa shape index (κ1) is 19.1. The summed E-state index contributed by atoms with van der Waals surface area (Å²) in [7, 11) is 0. The molecule has 0 saturated heterocycles. The summed E-state index contributed by atoms with van der Waals surface area (Å²) in [4.78, 5) is 8.94. The van der Waals surface area contributed by atoms with Crippen molar-refractivity contribution in [2.75, 3.05) is 0 Å². The van der Waals surface area contributed by atoms with Gasteiger partial charge in [0.15, 0.2) is 0 Å². The molecule has 0 aliphatic rings. The Morgan fingerprint density at radius 3 is 1.83 bits per heavy atom. The van der Waals surface area contributed by atoms with E-state index in [1.54, 1.807) is 0 Å². The first-order valence-electron chi connectivity index (χ1n) is 9.81. The van der Waals surface area contributed by atoms with Crippen molar-refractivity contribution in [3.8, 4) is 22.4 Å². The maximum absolute atomic E-state index is 6.23. The molecule has 0 N–H and O–H groups in total. The number of para-hydroxylation sites is 1. The van der Waals surface area contributed by atoms with Crippen molar-refractivity contribution in [2.24, 2.45) is 0 Å². The van der Waals surface area contributed by atoms with E-state index >= 15 is 0 Å². The lowest BCUT2D eigenvalue weighted by Crippen LogP contribution is -1.93. The number of fused-ring (bicyclic) bond motifs is 2. The monoisotopic (exact) mass is 396 g/mol. The van der Waals surface area contributed by atoms with Gasteiger partial charge in [0.2, 0.25) is 5.28 Å². The van der Waals surface area contributed by atoms with Gasteiger partial charge in [-0.05, 0) is 39.6 Å². The van der Waals surface area contributed by atoms with Gasteiger partial charge in [0.1, 0.15) is 0 Å². The SMILES string of the molecule is CC.Clc1nc(-c2ccc(-c3ccccc3)c3ccccc23)c2ccccc2n1. The Morgan fingerprint density at radius 2 is 1.10 bits per heavy atom. The number of aromatic nitrogens is 2. The highest BCUT2D eigenvalue weighted by Crippen LogP contribution is 2.37. The van der Waals surface area contributed by atoms with Crippen LogP contribution in [0.25, 0.3) is 44.1 Å². The topological polar surface area (TPSA) is 25.8 Å². The summed E-state index contributed by atoms with van der Waals surface area (Å²) in [6.45, 7) is 4.00. The van der Waals surface area contributed by atoms with E-state index in [4.69, 9.17) is 11.6 Å². The molecule has 0 aliphatic heterocycles. The van der Waals surface area contributed by atoms with Crippen molar-refractivity contribution in [3.05, 3.63) is 96.3 Å². The average Bonchev–Trinajstić information content (AvgIpc) is 2.80. The number of hydrogen-bond acceptors (Lipinski definition) is 2. The molecule has 0 unspecified atom stereocenters. The van der Waals surface area contributed by atoms with Gasteiger partial charge >= 0.3 is 0 Å². The molecule has 0 radical (unpaired) electrons. The first-order chi connectivity index (χ1) is 14.3. The zero-order valence-electron chi connectivity index (χ0n) is 16.4. The molecule has 5 aromatic rings.